The molecule has 3 atom stereocenters. The molecule has 1 spiro atoms. The van der Waals surface area contributed by atoms with Crippen LogP contribution in [0, 0.1) is 0 Å². The lowest BCUT2D eigenvalue weighted by Crippen LogP contribution is -2.66. The number of ether oxygens (including phenoxy) is 3. The first-order chi connectivity index (χ1) is 18.8. The van der Waals surface area contributed by atoms with Crippen molar-refractivity contribution in [2.24, 2.45) is 0 Å². The van der Waals surface area contributed by atoms with Gasteiger partial charge in [-0.15, -0.1) is 0 Å². The van der Waals surface area contributed by atoms with E-state index in [0.29, 0.717) is 48.4 Å². The Hall–Kier alpha value is -3.31. The number of amides is 1. The zero-order valence-corrected chi connectivity index (χ0v) is 21.9. The van der Waals surface area contributed by atoms with Gasteiger partial charge in [0.05, 0.1) is 25.4 Å². The molecule has 3 aromatic rings. The molecule has 208 valence electrons. The summed E-state index contributed by atoms with van der Waals surface area (Å²) in [5.41, 5.74) is -0.0393. The van der Waals surface area contributed by atoms with Gasteiger partial charge in [0.15, 0.2) is 0 Å². The monoisotopic (exact) mass is 541 g/mol. The molecule has 0 aliphatic carbocycles. The highest BCUT2D eigenvalue weighted by atomic mass is 19.3. The van der Waals surface area contributed by atoms with E-state index in [9.17, 15) is 18.7 Å². The molecule has 2 aliphatic rings. The predicted octanol–water partition coefficient (Wildman–Crippen LogP) is 3.80. The Morgan fingerprint density at radius 3 is 2.56 bits per heavy atom. The molecule has 2 heterocycles. The zero-order chi connectivity index (χ0) is 27.6. The van der Waals surface area contributed by atoms with Crippen molar-refractivity contribution in [3.05, 3.63) is 66.2 Å². The summed E-state index contributed by atoms with van der Waals surface area (Å²) in [6, 6.07) is 16.5. The maximum absolute atomic E-state index is 14.5. The number of rotatable bonds is 8. The first-order valence-electron chi connectivity index (χ1n) is 13.1. The number of benzene rings is 3. The summed E-state index contributed by atoms with van der Waals surface area (Å²) < 4.78 is 44.0. The number of likely N-dealkylation sites (N-methyl/N-ethyl adjacent to an activating group) is 1. The average Bonchev–Trinajstić information content (AvgIpc) is 3.03. The van der Waals surface area contributed by atoms with E-state index in [0.717, 1.165) is 5.39 Å². The number of alkyl halides is 2. The highest BCUT2D eigenvalue weighted by Gasteiger charge is 2.51. The van der Waals surface area contributed by atoms with Crippen LogP contribution in [0.2, 0.25) is 0 Å². The molecule has 0 radical (unpaired) electrons. The van der Waals surface area contributed by atoms with Crippen LogP contribution in [-0.2, 0) is 16.1 Å². The summed E-state index contributed by atoms with van der Waals surface area (Å²) in [6.07, 6.45) is -0.217. The molecule has 1 fully saturated rings. The number of aliphatic hydroxyl groups is 1. The number of carbonyl (C=O) groups excluding carboxylic acids is 1. The Kier molecular flexibility index (Phi) is 7.99. The van der Waals surface area contributed by atoms with Crippen molar-refractivity contribution in [1.82, 2.24) is 10.6 Å². The van der Waals surface area contributed by atoms with Crippen LogP contribution in [0.1, 0.15) is 25.3 Å². The number of halogens is 2. The Bertz CT molecular complexity index is 1320. The highest BCUT2D eigenvalue weighted by molar-refractivity contribution is 6.01. The lowest BCUT2D eigenvalue weighted by Gasteiger charge is -2.43. The van der Waals surface area contributed by atoms with Gasteiger partial charge in [0.2, 0.25) is 5.91 Å². The van der Waals surface area contributed by atoms with E-state index in [2.05, 4.69) is 10.6 Å². The molecule has 10 heteroatoms. The maximum Gasteiger partial charge on any atom is 0.387 e. The fourth-order valence-corrected chi connectivity index (χ4v) is 5.35. The smallest absolute Gasteiger partial charge is 0.387 e. The first-order valence-corrected chi connectivity index (χ1v) is 13.1. The van der Waals surface area contributed by atoms with Crippen LogP contribution in [0.3, 0.4) is 0 Å². The Morgan fingerprint density at radius 2 is 1.82 bits per heavy atom. The predicted molar refractivity (Wildman–Crippen MR) is 143 cm³/mol. The second-order valence-corrected chi connectivity index (χ2v) is 9.94. The molecule has 1 amide bonds. The van der Waals surface area contributed by atoms with Gasteiger partial charge in [0.25, 0.3) is 0 Å². The minimum atomic E-state index is -3.03. The largest absolute Gasteiger partial charge is 0.483 e. The molecule has 0 bridgehead atoms. The lowest BCUT2D eigenvalue weighted by molar-refractivity contribution is -0.133. The molecule has 5 rings (SSSR count). The molecular weight excluding hydrogens is 508 g/mol. The van der Waals surface area contributed by atoms with Gasteiger partial charge >= 0.3 is 6.61 Å². The van der Waals surface area contributed by atoms with Gasteiger partial charge < -0.3 is 29.5 Å². The van der Waals surface area contributed by atoms with E-state index in [1.54, 1.807) is 38.2 Å². The van der Waals surface area contributed by atoms with E-state index in [1.165, 1.54) is 11.0 Å². The molecule has 0 saturated carbocycles. The molecule has 1 saturated heterocycles. The van der Waals surface area contributed by atoms with Crippen molar-refractivity contribution in [3.63, 3.8) is 0 Å². The second-order valence-electron chi connectivity index (χ2n) is 9.94. The lowest BCUT2D eigenvalue weighted by atomic mass is 9.84. The zero-order valence-electron chi connectivity index (χ0n) is 21.9. The number of fused-ring (bicyclic) bond motifs is 2. The number of aliphatic hydroxyl groups excluding tert-OH is 1. The summed E-state index contributed by atoms with van der Waals surface area (Å²) in [6.45, 7) is -0.501. The summed E-state index contributed by atoms with van der Waals surface area (Å²) in [5, 5.41) is 18.6. The average molecular weight is 542 g/mol. The molecular formula is C29H33F2N3O5. The van der Waals surface area contributed by atoms with Gasteiger partial charge in [-0.05, 0) is 42.9 Å². The third-order valence-electron chi connectivity index (χ3n) is 7.64. The van der Waals surface area contributed by atoms with Gasteiger partial charge in [-0.3, -0.25) is 10.1 Å². The van der Waals surface area contributed by atoms with Crippen LogP contribution in [0.25, 0.3) is 10.8 Å². The fraction of sp³-hybridized carbons (Fsp3) is 0.414. The molecule has 3 N–H and O–H groups in total. The van der Waals surface area contributed by atoms with Crippen LogP contribution in [-0.4, -0.2) is 61.8 Å². The van der Waals surface area contributed by atoms with Crippen LogP contribution in [0.15, 0.2) is 60.7 Å². The number of hydrogen-bond acceptors (Lipinski definition) is 7. The SMILES string of the molecule is CN[C@@H](C)C(O)N[C@H]1C(=O)N(Cc2c(OC(F)F)ccc3ccccc23)c2ccccc2OC12CCOCC2. The normalized spacial score (nSPS) is 20.4. The number of nitrogens with zero attached hydrogens (tertiary/aromatic N) is 1. The van der Waals surface area contributed by atoms with Gasteiger partial charge in [-0.1, -0.05) is 42.5 Å². The van der Waals surface area contributed by atoms with Crippen molar-refractivity contribution < 1.29 is 32.9 Å². The molecule has 0 aromatic heterocycles. The van der Waals surface area contributed by atoms with Crippen LogP contribution < -0.4 is 25.0 Å². The van der Waals surface area contributed by atoms with Crippen molar-refractivity contribution in [2.45, 2.75) is 56.8 Å². The van der Waals surface area contributed by atoms with Gasteiger partial charge in [-0.25, -0.2) is 0 Å². The minimum Gasteiger partial charge on any atom is -0.483 e. The van der Waals surface area contributed by atoms with E-state index in [-0.39, 0.29) is 24.2 Å². The number of hydrogen-bond donors (Lipinski definition) is 3. The fourth-order valence-electron chi connectivity index (χ4n) is 5.35. The number of nitrogens with one attached hydrogen (secondary N) is 2. The van der Waals surface area contributed by atoms with Crippen molar-refractivity contribution in [3.8, 4) is 11.5 Å². The standard InChI is InChI=1S/C29H33F2N3O5/c1-18(32-2)26(35)33-25-27(36)34(22-9-5-6-10-24(22)39-29(25)13-15-37-16-14-29)17-21-20-8-4-3-7-19(20)11-12-23(21)38-28(30)31/h3-12,18,25-26,28,32-33,35H,13-17H2,1-2H3/t18-,25-,26?/m0/s1. The number of carbonyl (C=O) groups is 1. The topological polar surface area (TPSA) is 92.3 Å². The van der Waals surface area contributed by atoms with Crippen molar-refractivity contribution in [1.29, 1.82) is 0 Å². The van der Waals surface area contributed by atoms with Crippen LogP contribution >= 0.6 is 0 Å². The Morgan fingerprint density at radius 1 is 1.10 bits per heavy atom. The molecule has 39 heavy (non-hydrogen) atoms. The Labute approximate surface area is 225 Å². The molecule has 2 aliphatic heterocycles. The quantitative estimate of drug-likeness (QED) is 0.374. The molecule has 8 nitrogen and oxygen atoms in total. The van der Waals surface area contributed by atoms with E-state index >= 15 is 0 Å². The van der Waals surface area contributed by atoms with Crippen LogP contribution in [0.4, 0.5) is 14.5 Å². The third kappa shape index (κ3) is 5.42. The highest BCUT2D eigenvalue weighted by Crippen LogP contribution is 2.42. The summed E-state index contributed by atoms with van der Waals surface area (Å²) >= 11 is 0. The van der Waals surface area contributed by atoms with Gasteiger partial charge in [-0.2, -0.15) is 8.78 Å². The van der Waals surface area contributed by atoms with Gasteiger partial charge in [0.1, 0.15) is 29.4 Å². The third-order valence-corrected chi connectivity index (χ3v) is 7.64. The second kappa shape index (κ2) is 11.4. The maximum atomic E-state index is 14.5. The van der Waals surface area contributed by atoms with E-state index in [4.69, 9.17) is 14.2 Å². The van der Waals surface area contributed by atoms with E-state index in [1.807, 2.05) is 30.3 Å². The van der Waals surface area contributed by atoms with Crippen molar-refractivity contribution >= 4 is 22.4 Å². The molecule has 1 unspecified atom stereocenters. The number of anilines is 1. The minimum absolute atomic E-state index is 0.00623. The summed E-state index contributed by atoms with van der Waals surface area (Å²) in [5.74, 6) is 0.137. The van der Waals surface area contributed by atoms with E-state index < -0.39 is 24.5 Å². The summed E-state index contributed by atoms with van der Waals surface area (Å²) in [4.78, 5) is 16.1. The van der Waals surface area contributed by atoms with Crippen molar-refractivity contribution in [2.75, 3.05) is 25.2 Å². The van der Waals surface area contributed by atoms with Crippen LogP contribution in [0.5, 0.6) is 11.5 Å². The summed E-state index contributed by atoms with van der Waals surface area (Å²) in [7, 11) is 1.72. The Balaban J connectivity index is 1.64. The molecule has 3 aromatic carbocycles. The number of para-hydroxylation sites is 2. The van der Waals surface area contributed by atoms with Gasteiger partial charge in [0, 0.05) is 24.4 Å². The first kappa shape index (κ1) is 27.3.